The minimum absolute atomic E-state index is 0.194. The zero-order valence-corrected chi connectivity index (χ0v) is 11.6. The van der Waals surface area contributed by atoms with Gasteiger partial charge in [0.15, 0.2) is 0 Å². The number of nitrogens with one attached hydrogen (secondary N) is 1. The van der Waals surface area contributed by atoms with E-state index in [2.05, 4.69) is 36.5 Å². The lowest BCUT2D eigenvalue weighted by atomic mass is 10.2. The lowest BCUT2D eigenvalue weighted by Gasteiger charge is -2.06. The van der Waals surface area contributed by atoms with Crippen LogP contribution in [-0.2, 0) is 6.54 Å². The van der Waals surface area contributed by atoms with Gasteiger partial charge in [0.1, 0.15) is 0 Å². The van der Waals surface area contributed by atoms with Gasteiger partial charge in [0.05, 0.1) is 6.10 Å². The van der Waals surface area contributed by atoms with Gasteiger partial charge in [-0.2, -0.15) is 0 Å². The molecule has 3 heteroatoms. The molecule has 0 saturated heterocycles. The highest BCUT2D eigenvalue weighted by atomic mass is 32.2. The van der Waals surface area contributed by atoms with Crippen molar-refractivity contribution in [3.05, 3.63) is 29.8 Å². The first kappa shape index (κ1) is 14.6. The summed E-state index contributed by atoms with van der Waals surface area (Å²) >= 11 is 1.81. The highest BCUT2D eigenvalue weighted by Gasteiger charge is 1.98. The molecule has 1 aromatic carbocycles. The third kappa shape index (κ3) is 6.71. The maximum atomic E-state index is 9.17. The predicted octanol–water partition coefficient (Wildman–Crippen LogP) is 3.05. The van der Waals surface area contributed by atoms with Gasteiger partial charge in [-0.25, -0.2) is 0 Å². The molecule has 17 heavy (non-hydrogen) atoms. The van der Waals surface area contributed by atoms with Gasteiger partial charge in [0.25, 0.3) is 0 Å². The second kappa shape index (κ2) is 8.56. The number of aliphatic hydroxyl groups excluding tert-OH is 1. The van der Waals surface area contributed by atoms with Gasteiger partial charge in [-0.15, -0.1) is 11.8 Å². The Kier molecular flexibility index (Phi) is 7.33. The Hall–Kier alpha value is -0.510. The van der Waals surface area contributed by atoms with E-state index >= 15 is 0 Å². The average molecular weight is 253 g/mol. The fourth-order valence-corrected chi connectivity index (χ4v) is 2.48. The van der Waals surface area contributed by atoms with Gasteiger partial charge in [-0.1, -0.05) is 19.1 Å². The molecular formula is C14H23NOS. The molecule has 2 nitrogen and oxygen atoms in total. The van der Waals surface area contributed by atoms with Crippen LogP contribution in [0.3, 0.4) is 0 Å². The molecule has 0 spiro atoms. The normalized spacial score (nSPS) is 12.6. The summed E-state index contributed by atoms with van der Waals surface area (Å²) in [6.45, 7) is 6.04. The zero-order chi connectivity index (χ0) is 12.5. The molecule has 0 aliphatic rings. The maximum Gasteiger partial charge on any atom is 0.0520 e. The van der Waals surface area contributed by atoms with Crippen LogP contribution in [0.4, 0.5) is 0 Å². The van der Waals surface area contributed by atoms with Crippen molar-refractivity contribution >= 4 is 11.8 Å². The molecule has 0 heterocycles. The van der Waals surface area contributed by atoms with Crippen LogP contribution in [0.2, 0.25) is 0 Å². The number of thioether (sulfide) groups is 1. The van der Waals surface area contributed by atoms with Crippen LogP contribution in [0.5, 0.6) is 0 Å². The molecule has 0 aromatic heterocycles. The lowest BCUT2D eigenvalue weighted by Crippen LogP contribution is -2.13. The van der Waals surface area contributed by atoms with E-state index in [1.54, 1.807) is 11.8 Å². The van der Waals surface area contributed by atoms with E-state index in [0.29, 0.717) is 0 Å². The minimum atomic E-state index is -0.194. The van der Waals surface area contributed by atoms with Crippen molar-refractivity contribution in [3.8, 4) is 0 Å². The van der Waals surface area contributed by atoms with Crippen LogP contribution in [0.1, 0.15) is 32.3 Å². The van der Waals surface area contributed by atoms with Crippen LogP contribution in [-0.4, -0.2) is 23.5 Å². The first-order valence-electron chi connectivity index (χ1n) is 6.33. The van der Waals surface area contributed by atoms with Crippen molar-refractivity contribution in [1.82, 2.24) is 5.32 Å². The predicted molar refractivity (Wildman–Crippen MR) is 75.5 cm³/mol. The summed E-state index contributed by atoms with van der Waals surface area (Å²) in [5.41, 5.74) is 1.33. The van der Waals surface area contributed by atoms with Crippen LogP contribution in [0.15, 0.2) is 29.2 Å². The van der Waals surface area contributed by atoms with Gasteiger partial charge in [0, 0.05) is 17.2 Å². The first-order valence-corrected chi connectivity index (χ1v) is 7.31. The zero-order valence-electron chi connectivity index (χ0n) is 10.8. The number of aliphatic hydroxyl groups is 1. The lowest BCUT2D eigenvalue weighted by molar-refractivity contribution is 0.192. The molecule has 0 fully saturated rings. The van der Waals surface area contributed by atoms with Crippen LogP contribution < -0.4 is 5.32 Å². The summed E-state index contributed by atoms with van der Waals surface area (Å²) in [5, 5.41) is 12.6. The van der Waals surface area contributed by atoms with E-state index < -0.39 is 0 Å². The largest absolute Gasteiger partial charge is 0.393 e. The molecule has 0 saturated carbocycles. The molecule has 0 aliphatic heterocycles. The number of hydrogen-bond acceptors (Lipinski definition) is 3. The molecule has 96 valence electrons. The van der Waals surface area contributed by atoms with Crippen molar-refractivity contribution in [3.63, 3.8) is 0 Å². The monoisotopic (exact) mass is 253 g/mol. The fraction of sp³-hybridized carbons (Fsp3) is 0.571. The summed E-state index contributed by atoms with van der Waals surface area (Å²) in [4.78, 5) is 1.28. The molecule has 0 radical (unpaired) electrons. The van der Waals surface area contributed by atoms with E-state index in [1.165, 1.54) is 16.9 Å². The molecule has 1 unspecified atom stereocenters. The SMILES string of the molecule is CCCNCc1ccc(SCCC(C)O)cc1. The topological polar surface area (TPSA) is 32.3 Å². The first-order chi connectivity index (χ1) is 8.22. The fourth-order valence-electron chi connectivity index (χ4n) is 1.46. The summed E-state index contributed by atoms with van der Waals surface area (Å²) < 4.78 is 0. The second-order valence-electron chi connectivity index (χ2n) is 4.31. The number of rotatable bonds is 8. The molecule has 0 amide bonds. The highest BCUT2D eigenvalue weighted by molar-refractivity contribution is 7.99. The Morgan fingerprint density at radius 1 is 1.29 bits per heavy atom. The molecule has 2 N–H and O–H groups in total. The summed E-state index contributed by atoms with van der Waals surface area (Å²) in [6.07, 6.45) is 1.83. The number of benzene rings is 1. The summed E-state index contributed by atoms with van der Waals surface area (Å²) in [5.74, 6) is 0.977. The summed E-state index contributed by atoms with van der Waals surface area (Å²) in [7, 11) is 0. The average Bonchev–Trinajstić information content (AvgIpc) is 2.31. The van der Waals surface area contributed by atoms with Crippen molar-refractivity contribution in [2.45, 2.75) is 44.2 Å². The molecule has 1 rings (SSSR count). The van der Waals surface area contributed by atoms with E-state index in [0.717, 1.165) is 25.3 Å². The maximum absolute atomic E-state index is 9.17. The molecular weight excluding hydrogens is 230 g/mol. The Bertz CT molecular complexity index is 298. The van der Waals surface area contributed by atoms with Crippen molar-refractivity contribution < 1.29 is 5.11 Å². The van der Waals surface area contributed by atoms with Gasteiger partial charge in [-0.05, 0) is 44.0 Å². The Morgan fingerprint density at radius 3 is 2.59 bits per heavy atom. The Morgan fingerprint density at radius 2 is 2.00 bits per heavy atom. The van der Waals surface area contributed by atoms with Crippen LogP contribution >= 0.6 is 11.8 Å². The third-order valence-corrected chi connectivity index (χ3v) is 3.53. The van der Waals surface area contributed by atoms with E-state index in [9.17, 15) is 5.11 Å². The molecule has 0 aliphatic carbocycles. The van der Waals surface area contributed by atoms with Gasteiger partial charge in [0.2, 0.25) is 0 Å². The molecule has 0 bridgehead atoms. The van der Waals surface area contributed by atoms with E-state index in [1.807, 2.05) is 6.92 Å². The highest BCUT2D eigenvalue weighted by Crippen LogP contribution is 2.19. The van der Waals surface area contributed by atoms with E-state index in [4.69, 9.17) is 0 Å². The third-order valence-electron chi connectivity index (χ3n) is 2.48. The Balaban J connectivity index is 2.29. The van der Waals surface area contributed by atoms with Crippen molar-refractivity contribution in [2.24, 2.45) is 0 Å². The minimum Gasteiger partial charge on any atom is -0.393 e. The van der Waals surface area contributed by atoms with Gasteiger partial charge >= 0.3 is 0 Å². The van der Waals surface area contributed by atoms with Gasteiger partial charge < -0.3 is 10.4 Å². The molecule has 1 aromatic rings. The van der Waals surface area contributed by atoms with Crippen LogP contribution in [0, 0.1) is 0 Å². The van der Waals surface area contributed by atoms with Crippen molar-refractivity contribution in [2.75, 3.05) is 12.3 Å². The smallest absolute Gasteiger partial charge is 0.0520 e. The number of hydrogen-bond donors (Lipinski definition) is 2. The summed E-state index contributed by atoms with van der Waals surface area (Å²) in [6, 6.07) is 8.67. The standard InChI is InChI=1S/C14H23NOS/c1-3-9-15-11-13-4-6-14(7-5-13)17-10-8-12(2)16/h4-7,12,15-16H,3,8-11H2,1-2H3. The van der Waals surface area contributed by atoms with Crippen molar-refractivity contribution in [1.29, 1.82) is 0 Å². The van der Waals surface area contributed by atoms with Gasteiger partial charge in [-0.3, -0.25) is 0 Å². The second-order valence-corrected chi connectivity index (χ2v) is 5.48. The quantitative estimate of drug-likeness (QED) is 0.552. The Labute approximate surface area is 109 Å². The molecule has 1 atom stereocenters. The van der Waals surface area contributed by atoms with Crippen LogP contribution in [0.25, 0.3) is 0 Å². The van der Waals surface area contributed by atoms with E-state index in [-0.39, 0.29) is 6.10 Å².